The van der Waals surface area contributed by atoms with Crippen LogP contribution < -0.4 is 5.32 Å². The summed E-state index contributed by atoms with van der Waals surface area (Å²) in [4.78, 5) is 17.7. The van der Waals surface area contributed by atoms with E-state index < -0.39 is 0 Å². The molecule has 0 bridgehead atoms. The standard InChI is InChI=1S/C15H15N5/c1-10-7-12(9-16-2)20-15(19-10)11-3-4-13-14(8-11)18-6-5-17-13/h3-8,16H,9H2,1-2H3. The number of fused-ring (bicyclic) bond motifs is 1. The first-order valence-electron chi connectivity index (χ1n) is 6.46. The van der Waals surface area contributed by atoms with E-state index in [1.165, 1.54) is 0 Å². The van der Waals surface area contributed by atoms with Crippen LogP contribution in [-0.2, 0) is 6.54 Å². The summed E-state index contributed by atoms with van der Waals surface area (Å²) in [5.74, 6) is 0.725. The first kappa shape index (κ1) is 12.6. The van der Waals surface area contributed by atoms with Gasteiger partial charge in [-0.1, -0.05) is 0 Å². The van der Waals surface area contributed by atoms with Crippen LogP contribution in [0.15, 0.2) is 36.7 Å². The van der Waals surface area contributed by atoms with Gasteiger partial charge in [-0.15, -0.1) is 0 Å². The quantitative estimate of drug-likeness (QED) is 0.785. The maximum Gasteiger partial charge on any atom is 0.159 e. The summed E-state index contributed by atoms with van der Waals surface area (Å²) in [5.41, 5.74) is 4.62. The lowest BCUT2D eigenvalue weighted by Gasteiger charge is -2.06. The molecule has 0 saturated heterocycles. The van der Waals surface area contributed by atoms with Gasteiger partial charge >= 0.3 is 0 Å². The molecule has 0 aliphatic rings. The highest BCUT2D eigenvalue weighted by molar-refractivity contribution is 5.79. The molecule has 3 rings (SSSR count). The Balaban J connectivity index is 2.10. The molecule has 2 heterocycles. The molecule has 0 saturated carbocycles. The molecular weight excluding hydrogens is 250 g/mol. The lowest BCUT2D eigenvalue weighted by molar-refractivity contribution is 0.785. The lowest BCUT2D eigenvalue weighted by atomic mass is 10.1. The summed E-state index contributed by atoms with van der Waals surface area (Å²) in [6.45, 7) is 2.70. The number of aromatic nitrogens is 4. The van der Waals surface area contributed by atoms with E-state index >= 15 is 0 Å². The molecule has 100 valence electrons. The normalized spacial score (nSPS) is 10.9. The van der Waals surface area contributed by atoms with Gasteiger partial charge in [0.2, 0.25) is 0 Å². The highest BCUT2D eigenvalue weighted by atomic mass is 14.9. The van der Waals surface area contributed by atoms with Crippen molar-refractivity contribution in [2.75, 3.05) is 7.05 Å². The number of nitrogens with zero attached hydrogens (tertiary/aromatic N) is 4. The molecule has 0 amide bonds. The molecule has 0 aliphatic carbocycles. The average molecular weight is 265 g/mol. The third-order valence-corrected chi connectivity index (χ3v) is 2.99. The van der Waals surface area contributed by atoms with E-state index in [-0.39, 0.29) is 0 Å². The van der Waals surface area contributed by atoms with Gasteiger partial charge in [0.25, 0.3) is 0 Å². The molecular formula is C15H15N5. The van der Waals surface area contributed by atoms with Gasteiger partial charge in [0.1, 0.15) is 0 Å². The van der Waals surface area contributed by atoms with Crippen molar-refractivity contribution in [1.29, 1.82) is 0 Å². The Morgan fingerprint density at radius 1 is 1.00 bits per heavy atom. The summed E-state index contributed by atoms with van der Waals surface area (Å²) < 4.78 is 0. The highest BCUT2D eigenvalue weighted by Gasteiger charge is 2.06. The van der Waals surface area contributed by atoms with E-state index in [9.17, 15) is 0 Å². The topological polar surface area (TPSA) is 63.6 Å². The number of nitrogens with one attached hydrogen (secondary N) is 1. The molecule has 0 fully saturated rings. The van der Waals surface area contributed by atoms with E-state index in [0.717, 1.165) is 40.4 Å². The summed E-state index contributed by atoms with van der Waals surface area (Å²) in [6.07, 6.45) is 3.38. The van der Waals surface area contributed by atoms with Gasteiger partial charge in [-0.25, -0.2) is 9.97 Å². The third-order valence-electron chi connectivity index (χ3n) is 2.99. The van der Waals surface area contributed by atoms with Crippen LogP contribution in [-0.4, -0.2) is 27.0 Å². The Kier molecular flexibility index (Phi) is 3.35. The third kappa shape index (κ3) is 2.48. The Morgan fingerprint density at radius 2 is 1.80 bits per heavy atom. The number of hydrogen-bond acceptors (Lipinski definition) is 5. The smallest absolute Gasteiger partial charge is 0.159 e. The minimum absolute atomic E-state index is 0.725. The van der Waals surface area contributed by atoms with Gasteiger partial charge < -0.3 is 5.32 Å². The zero-order valence-electron chi connectivity index (χ0n) is 11.5. The predicted molar refractivity (Wildman–Crippen MR) is 78.1 cm³/mol. The molecule has 5 heteroatoms. The summed E-state index contributed by atoms with van der Waals surface area (Å²) >= 11 is 0. The number of hydrogen-bond donors (Lipinski definition) is 1. The summed E-state index contributed by atoms with van der Waals surface area (Å²) in [5, 5.41) is 3.11. The largest absolute Gasteiger partial charge is 0.314 e. The van der Waals surface area contributed by atoms with Crippen LogP contribution in [0.5, 0.6) is 0 Å². The van der Waals surface area contributed by atoms with Crippen molar-refractivity contribution in [3.05, 3.63) is 48.0 Å². The van der Waals surface area contributed by atoms with Crippen molar-refractivity contribution in [2.45, 2.75) is 13.5 Å². The minimum atomic E-state index is 0.725. The van der Waals surface area contributed by atoms with Crippen LogP contribution in [0.4, 0.5) is 0 Å². The van der Waals surface area contributed by atoms with Gasteiger partial charge in [0.05, 0.1) is 16.7 Å². The zero-order chi connectivity index (χ0) is 13.9. The Labute approximate surface area is 117 Å². The maximum atomic E-state index is 4.58. The van der Waals surface area contributed by atoms with Crippen LogP contribution in [0.25, 0.3) is 22.4 Å². The fraction of sp³-hybridized carbons (Fsp3) is 0.200. The van der Waals surface area contributed by atoms with E-state index in [0.29, 0.717) is 0 Å². The fourth-order valence-electron chi connectivity index (χ4n) is 2.14. The van der Waals surface area contributed by atoms with Crippen LogP contribution in [0.3, 0.4) is 0 Å². The second-order valence-corrected chi connectivity index (χ2v) is 4.61. The van der Waals surface area contributed by atoms with Crippen molar-refractivity contribution < 1.29 is 0 Å². The molecule has 20 heavy (non-hydrogen) atoms. The molecule has 1 aromatic carbocycles. The second-order valence-electron chi connectivity index (χ2n) is 4.61. The first-order valence-corrected chi connectivity index (χ1v) is 6.46. The number of aryl methyl sites for hydroxylation is 1. The molecule has 0 radical (unpaired) electrons. The maximum absolute atomic E-state index is 4.58. The summed E-state index contributed by atoms with van der Waals surface area (Å²) in [6, 6.07) is 7.89. The predicted octanol–water partition coefficient (Wildman–Crippen LogP) is 2.11. The molecule has 0 spiro atoms. The van der Waals surface area contributed by atoms with Gasteiger partial charge in [0, 0.05) is 30.2 Å². The van der Waals surface area contributed by atoms with Crippen LogP contribution in [0.1, 0.15) is 11.4 Å². The van der Waals surface area contributed by atoms with Crippen molar-refractivity contribution in [3.8, 4) is 11.4 Å². The lowest BCUT2D eigenvalue weighted by Crippen LogP contribution is -2.08. The van der Waals surface area contributed by atoms with Gasteiger partial charge in [0.15, 0.2) is 5.82 Å². The molecule has 0 unspecified atom stereocenters. The van der Waals surface area contributed by atoms with Crippen LogP contribution in [0.2, 0.25) is 0 Å². The molecule has 2 aromatic heterocycles. The van der Waals surface area contributed by atoms with Crippen molar-refractivity contribution in [1.82, 2.24) is 25.3 Å². The van der Waals surface area contributed by atoms with Crippen LogP contribution >= 0.6 is 0 Å². The second kappa shape index (κ2) is 5.30. The Bertz CT molecular complexity index is 754. The molecule has 0 atom stereocenters. The molecule has 1 N–H and O–H groups in total. The highest BCUT2D eigenvalue weighted by Crippen LogP contribution is 2.20. The zero-order valence-corrected chi connectivity index (χ0v) is 11.5. The van der Waals surface area contributed by atoms with Crippen molar-refractivity contribution in [3.63, 3.8) is 0 Å². The van der Waals surface area contributed by atoms with E-state index in [2.05, 4.69) is 25.3 Å². The average Bonchev–Trinajstić information content (AvgIpc) is 2.46. The number of benzene rings is 1. The fourth-order valence-corrected chi connectivity index (χ4v) is 2.14. The van der Waals surface area contributed by atoms with Crippen LogP contribution in [0, 0.1) is 6.92 Å². The summed E-state index contributed by atoms with van der Waals surface area (Å²) in [7, 11) is 1.91. The van der Waals surface area contributed by atoms with Gasteiger partial charge in [-0.2, -0.15) is 0 Å². The Morgan fingerprint density at radius 3 is 2.60 bits per heavy atom. The first-order chi connectivity index (χ1) is 9.76. The molecule has 3 aromatic rings. The van der Waals surface area contributed by atoms with Crippen molar-refractivity contribution in [2.24, 2.45) is 0 Å². The monoisotopic (exact) mass is 265 g/mol. The van der Waals surface area contributed by atoms with E-state index in [1.54, 1.807) is 12.4 Å². The van der Waals surface area contributed by atoms with Crippen molar-refractivity contribution >= 4 is 11.0 Å². The Hall–Kier alpha value is -2.40. The number of rotatable bonds is 3. The van der Waals surface area contributed by atoms with E-state index in [1.807, 2.05) is 38.2 Å². The SMILES string of the molecule is CNCc1cc(C)nc(-c2ccc3nccnc3c2)n1. The van der Waals surface area contributed by atoms with Gasteiger partial charge in [-0.05, 0) is 38.2 Å². The van der Waals surface area contributed by atoms with E-state index in [4.69, 9.17) is 0 Å². The molecule has 0 aliphatic heterocycles. The van der Waals surface area contributed by atoms with Gasteiger partial charge in [-0.3, -0.25) is 9.97 Å². The molecule has 5 nitrogen and oxygen atoms in total. The minimum Gasteiger partial charge on any atom is -0.314 e.